The second-order valence-corrected chi connectivity index (χ2v) is 7.50. The number of amides is 1. The molecule has 0 spiro atoms. The van der Waals surface area contributed by atoms with Crippen LogP contribution in [-0.2, 0) is 13.5 Å². The van der Waals surface area contributed by atoms with Crippen LogP contribution in [0, 0.1) is 12.8 Å². The van der Waals surface area contributed by atoms with Crippen molar-refractivity contribution in [3.63, 3.8) is 0 Å². The molecule has 1 amide bonds. The third kappa shape index (κ3) is 3.71. The van der Waals surface area contributed by atoms with E-state index < -0.39 is 0 Å². The Labute approximate surface area is 163 Å². The highest BCUT2D eigenvalue weighted by Crippen LogP contribution is 2.32. The molecule has 7 nitrogen and oxygen atoms in total. The van der Waals surface area contributed by atoms with Crippen molar-refractivity contribution in [3.05, 3.63) is 59.5 Å². The number of hydrogen-bond donors (Lipinski definition) is 2. The zero-order chi connectivity index (χ0) is 19.7. The normalized spacial score (nSPS) is 19.8. The van der Waals surface area contributed by atoms with Gasteiger partial charge in [0, 0.05) is 24.8 Å². The van der Waals surface area contributed by atoms with Gasteiger partial charge in [-0.2, -0.15) is 5.10 Å². The lowest BCUT2D eigenvalue weighted by Crippen LogP contribution is -2.48. The predicted octanol–water partition coefficient (Wildman–Crippen LogP) is 2.50. The van der Waals surface area contributed by atoms with Gasteiger partial charge in [-0.3, -0.25) is 9.48 Å². The standard InChI is InChI=1S/C21H24N4O3/c1-13-17(12-22-25(13)2)20-11-19(24-28-20)21(27)23-18(15-9-16(26)10-15)8-14-6-4-3-5-7-14/h3-7,11-12,15-16,18,26H,8-10H2,1-2H3,(H,23,27)/t15?,16?,18-/m1/s1. The lowest BCUT2D eigenvalue weighted by molar-refractivity contribution is 0.0238. The molecule has 28 heavy (non-hydrogen) atoms. The number of aliphatic hydroxyl groups excluding tert-OH is 1. The second kappa shape index (κ2) is 7.59. The maximum Gasteiger partial charge on any atom is 0.273 e. The first-order valence-electron chi connectivity index (χ1n) is 9.50. The lowest BCUT2D eigenvalue weighted by Gasteiger charge is -2.38. The maximum absolute atomic E-state index is 12.8. The van der Waals surface area contributed by atoms with Gasteiger partial charge in [-0.25, -0.2) is 0 Å². The summed E-state index contributed by atoms with van der Waals surface area (Å²) in [4.78, 5) is 12.8. The molecule has 4 rings (SSSR count). The minimum atomic E-state index is -0.271. The molecule has 1 aromatic carbocycles. The van der Waals surface area contributed by atoms with Crippen LogP contribution in [0.5, 0.6) is 0 Å². The number of carbonyl (C=O) groups excluding carboxylic acids is 1. The fourth-order valence-corrected chi connectivity index (χ4v) is 3.65. The molecule has 0 unspecified atom stereocenters. The summed E-state index contributed by atoms with van der Waals surface area (Å²) in [7, 11) is 1.85. The summed E-state index contributed by atoms with van der Waals surface area (Å²) in [6, 6.07) is 11.6. The summed E-state index contributed by atoms with van der Waals surface area (Å²) in [5, 5.41) is 20.9. The molecule has 0 aliphatic heterocycles. The number of carbonyl (C=O) groups is 1. The third-order valence-electron chi connectivity index (χ3n) is 5.58. The second-order valence-electron chi connectivity index (χ2n) is 7.50. The number of benzene rings is 1. The molecule has 2 aromatic heterocycles. The van der Waals surface area contributed by atoms with Gasteiger partial charge < -0.3 is 14.9 Å². The Kier molecular flexibility index (Phi) is 5.00. The summed E-state index contributed by atoms with van der Waals surface area (Å²) in [5.41, 5.74) is 3.16. The monoisotopic (exact) mass is 380 g/mol. The Morgan fingerprint density at radius 1 is 1.36 bits per heavy atom. The fraction of sp³-hybridized carbons (Fsp3) is 0.381. The zero-order valence-electron chi connectivity index (χ0n) is 16.0. The van der Waals surface area contributed by atoms with E-state index in [2.05, 4.69) is 15.6 Å². The highest BCUT2D eigenvalue weighted by atomic mass is 16.5. The van der Waals surface area contributed by atoms with E-state index in [0.29, 0.717) is 18.6 Å². The van der Waals surface area contributed by atoms with Gasteiger partial charge in [-0.1, -0.05) is 35.5 Å². The quantitative estimate of drug-likeness (QED) is 0.685. The van der Waals surface area contributed by atoms with Gasteiger partial charge in [0.1, 0.15) is 0 Å². The molecule has 1 atom stereocenters. The largest absolute Gasteiger partial charge is 0.393 e. The third-order valence-corrected chi connectivity index (χ3v) is 5.58. The van der Waals surface area contributed by atoms with Crippen molar-refractivity contribution >= 4 is 5.91 Å². The Morgan fingerprint density at radius 3 is 2.75 bits per heavy atom. The Morgan fingerprint density at radius 2 is 2.11 bits per heavy atom. The molecule has 0 bridgehead atoms. The molecule has 1 saturated carbocycles. The first-order chi connectivity index (χ1) is 13.5. The predicted molar refractivity (Wildman–Crippen MR) is 104 cm³/mol. The van der Waals surface area contributed by atoms with Crippen molar-refractivity contribution < 1.29 is 14.4 Å². The topological polar surface area (TPSA) is 93.2 Å². The number of nitrogens with one attached hydrogen (secondary N) is 1. The van der Waals surface area contributed by atoms with Crippen LogP contribution in [0.4, 0.5) is 0 Å². The van der Waals surface area contributed by atoms with E-state index in [0.717, 1.165) is 23.2 Å². The van der Waals surface area contributed by atoms with Crippen molar-refractivity contribution in [2.24, 2.45) is 13.0 Å². The summed E-state index contributed by atoms with van der Waals surface area (Å²) < 4.78 is 7.12. The molecule has 2 N–H and O–H groups in total. The van der Waals surface area contributed by atoms with Gasteiger partial charge in [0.25, 0.3) is 5.91 Å². The number of rotatable bonds is 6. The Bertz CT molecular complexity index is 957. The number of aryl methyl sites for hydroxylation is 1. The highest BCUT2D eigenvalue weighted by Gasteiger charge is 2.35. The summed E-state index contributed by atoms with van der Waals surface area (Å²) in [6.45, 7) is 1.93. The minimum absolute atomic E-state index is 0.0569. The number of aromatic nitrogens is 3. The van der Waals surface area contributed by atoms with E-state index in [1.165, 1.54) is 0 Å². The van der Waals surface area contributed by atoms with E-state index in [9.17, 15) is 9.90 Å². The van der Waals surface area contributed by atoms with Crippen LogP contribution in [-0.4, -0.2) is 38.1 Å². The first kappa shape index (κ1) is 18.4. The van der Waals surface area contributed by atoms with E-state index >= 15 is 0 Å². The van der Waals surface area contributed by atoms with Gasteiger partial charge in [-0.05, 0) is 37.7 Å². The van der Waals surface area contributed by atoms with Crippen molar-refractivity contribution in [2.75, 3.05) is 0 Å². The van der Waals surface area contributed by atoms with Crippen LogP contribution in [0.1, 0.15) is 34.6 Å². The number of aliphatic hydroxyl groups is 1. The van der Waals surface area contributed by atoms with Crippen LogP contribution in [0.25, 0.3) is 11.3 Å². The molecule has 1 aliphatic rings. The van der Waals surface area contributed by atoms with Crippen LogP contribution in [0.3, 0.4) is 0 Å². The molecule has 2 heterocycles. The van der Waals surface area contributed by atoms with Gasteiger partial charge in [0.05, 0.1) is 17.9 Å². The average molecular weight is 380 g/mol. The number of hydrogen-bond acceptors (Lipinski definition) is 5. The molecule has 0 radical (unpaired) electrons. The molecule has 3 aromatic rings. The van der Waals surface area contributed by atoms with Crippen molar-refractivity contribution in [1.29, 1.82) is 0 Å². The summed E-state index contributed by atoms with van der Waals surface area (Å²) in [6.07, 6.45) is 3.56. The highest BCUT2D eigenvalue weighted by molar-refractivity contribution is 5.93. The van der Waals surface area contributed by atoms with Gasteiger partial charge in [0.2, 0.25) is 0 Å². The molecule has 1 fully saturated rings. The van der Waals surface area contributed by atoms with Crippen LogP contribution in [0.2, 0.25) is 0 Å². The average Bonchev–Trinajstić information content (AvgIpc) is 3.27. The summed E-state index contributed by atoms with van der Waals surface area (Å²) >= 11 is 0. The van der Waals surface area contributed by atoms with Crippen LogP contribution in [0.15, 0.2) is 47.1 Å². The van der Waals surface area contributed by atoms with Gasteiger partial charge in [0.15, 0.2) is 11.5 Å². The smallest absolute Gasteiger partial charge is 0.273 e. The van der Waals surface area contributed by atoms with E-state index in [1.807, 2.05) is 44.3 Å². The van der Waals surface area contributed by atoms with Crippen LogP contribution < -0.4 is 5.32 Å². The van der Waals surface area contributed by atoms with Crippen molar-refractivity contribution in [3.8, 4) is 11.3 Å². The Hall–Kier alpha value is -2.93. The minimum Gasteiger partial charge on any atom is -0.393 e. The van der Waals surface area contributed by atoms with E-state index in [4.69, 9.17) is 4.52 Å². The summed E-state index contributed by atoms with van der Waals surface area (Å²) in [5.74, 6) is 0.513. The fourth-order valence-electron chi connectivity index (χ4n) is 3.65. The van der Waals surface area contributed by atoms with Crippen molar-refractivity contribution in [1.82, 2.24) is 20.3 Å². The first-order valence-corrected chi connectivity index (χ1v) is 9.50. The molecule has 1 aliphatic carbocycles. The van der Waals surface area contributed by atoms with Gasteiger partial charge in [-0.15, -0.1) is 0 Å². The molecule has 0 saturated heterocycles. The molecular formula is C21H24N4O3. The number of nitrogens with zero attached hydrogens (tertiary/aromatic N) is 3. The lowest BCUT2D eigenvalue weighted by atomic mass is 9.75. The molecule has 7 heteroatoms. The zero-order valence-corrected chi connectivity index (χ0v) is 16.0. The maximum atomic E-state index is 12.8. The molecule has 146 valence electrons. The molecular weight excluding hydrogens is 356 g/mol. The van der Waals surface area contributed by atoms with Crippen molar-refractivity contribution in [2.45, 2.75) is 38.3 Å². The SMILES string of the molecule is Cc1c(-c2cc(C(=O)N[C@H](Cc3ccccc3)C3CC(O)C3)no2)cnn1C. The van der Waals surface area contributed by atoms with E-state index in [-0.39, 0.29) is 29.7 Å². The van der Waals surface area contributed by atoms with E-state index in [1.54, 1.807) is 16.9 Å². The Balaban J connectivity index is 1.49. The van der Waals surface area contributed by atoms with Gasteiger partial charge >= 0.3 is 0 Å². The van der Waals surface area contributed by atoms with Crippen LogP contribution >= 0.6 is 0 Å².